The van der Waals surface area contributed by atoms with Crippen molar-refractivity contribution < 1.29 is 22.9 Å². The molecule has 2 aromatic carbocycles. The van der Waals surface area contributed by atoms with Gasteiger partial charge in [0, 0.05) is 42.9 Å². The number of sulfonamides is 1. The lowest BCUT2D eigenvalue weighted by atomic mass is 10.3. The minimum absolute atomic E-state index is 0.0173. The SMILES string of the molecule is COc1cccc(N2CC(NS(=O)(=O)c3ccc([N+](=O)[O-])cc3)CC2=O)c1. The molecule has 1 atom stereocenters. The van der Waals surface area contributed by atoms with Crippen molar-refractivity contribution in [3.63, 3.8) is 0 Å². The monoisotopic (exact) mass is 391 g/mol. The Kier molecular flexibility index (Phi) is 5.10. The lowest BCUT2D eigenvalue weighted by Gasteiger charge is -2.18. The zero-order chi connectivity index (χ0) is 19.6. The van der Waals surface area contributed by atoms with Gasteiger partial charge in [-0.25, -0.2) is 13.1 Å². The number of carbonyl (C=O) groups excluding carboxylic acids is 1. The van der Waals surface area contributed by atoms with Crippen LogP contribution in [0.2, 0.25) is 0 Å². The minimum atomic E-state index is -3.90. The number of methoxy groups -OCH3 is 1. The molecule has 1 fully saturated rings. The summed E-state index contributed by atoms with van der Waals surface area (Å²) >= 11 is 0. The molecule has 1 N–H and O–H groups in total. The second-order valence-electron chi connectivity index (χ2n) is 5.98. The molecule has 142 valence electrons. The van der Waals surface area contributed by atoms with Crippen molar-refractivity contribution in [2.45, 2.75) is 17.4 Å². The molecule has 10 heteroatoms. The van der Waals surface area contributed by atoms with Gasteiger partial charge in [0.05, 0.1) is 16.9 Å². The number of rotatable bonds is 6. The van der Waals surface area contributed by atoms with Crippen molar-refractivity contribution in [3.05, 3.63) is 58.6 Å². The first-order valence-electron chi connectivity index (χ1n) is 8.01. The third kappa shape index (κ3) is 4.07. The highest BCUT2D eigenvalue weighted by Gasteiger charge is 2.33. The number of nitrogens with zero attached hydrogens (tertiary/aromatic N) is 2. The summed E-state index contributed by atoms with van der Waals surface area (Å²) in [7, 11) is -2.38. The number of ether oxygens (including phenoxy) is 1. The first-order valence-corrected chi connectivity index (χ1v) is 9.49. The van der Waals surface area contributed by atoms with Gasteiger partial charge >= 0.3 is 0 Å². The number of anilines is 1. The number of carbonyl (C=O) groups is 1. The quantitative estimate of drug-likeness (QED) is 0.591. The molecule has 1 amide bonds. The van der Waals surface area contributed by atoms with E-state index in [1.54, 1.807) is 24.3 Å². The van der Waals surface area contributed by atoms with E-state index in [9.17, 15) is 23.3 Å². The Bertz CT molecular complexity index is 974. The normalized spacial score (nSPS) is 17.1. The molecule has 1 saturated heterocycles. The van der Waals surface area contributed by atoms with Gasteiger partial charge in [-0.1, -0.05) is 6.07 Å². The molecule has 9 nitrogen and oxygen atoms in total. The van der Waals surface area contributed by atoms with E-state index < -0.39 is 21.0 Å². The molecule has 0 spiro atoms. The highest BCUT2D eigenvalue weighted by Crippen LogP contribution is 2.26. The van der Waals surface area contributed by atoms with Crippen LogP contribution in [0.1, 0.15) is 6.42 Å². The smallest absolute Gasteiger partial charge is 0.269 e. The predicted octanol–water partition coefficient (Wildman–Crippen LogP) is 1.69. The number of nitro benzene ring substituents is 1. The van der Waals surface area contributed by atoms with Crippen molar-refractivity contribution in [3.8, 4) is 5.75 Å². The van der Waals surface area contributed by atoms with Crippen molar-refractivity contribution in [2.75, 3.05) is 18.6 Å². The largest absolute Gasteiger partial charge is 0.497 e. The zero-order valence-electron chi connectivity index (χ0n) is 14.4. The summed E-state index contributed by atoms with van der Waals surface area (Å²) in [4.78, 5) is 23.8. The molecular formula is C17H17N3O6S. The minimum Gasteiger partial charge on any atom is -0.497 e. The van der Waals surface area contributed by atoms with Crippen LogP contribution in [0.4, 0.5) is 11.4 Å². The maximum Gasteiger partial charge on any atom is 0.269 e. The Hall–Kier alpha value is -2.98. The van der Waals surface area contributed by atoms with Crippen LogP contribution >= 0.6 is 0 Å². The van der Waals surface area contributed by atoms with Crippen LogP contribution < -0.4 is 14.4 Å². The molecular weight excluding hydrogens is 374 g/mol. The topological polar surface area (TPSA) is 119 Å². The van der Waals surface area contributed by atoms with Gasteiger partial charge in [-0.3, -0.25) is 14.9 Å². The van der Waals surface area contributed by atoms with Gasteiger partial charge in [0.1, 0.15) is 5.75 Å². The van der Waals surface area contributed by atoms with Gasteiger partial charge in [-0.05, 0) is 24.3 Å². The van der Waals surface area contributed by atoms with Crippen molar-refractivity contribution >= 4 is 27.3 Å². The van der Waals surface area contributed by atoms with Crippen molar-refractivity contribution in [1.82, 2.24) is 4.72 Å². The summed E-state index contributed by atoms with van der Waals surface area (Å²) in [5.74, 6) is 0.384. The van der Waals surface area contributed by atoms with Crippen molar-refractivity contribution in [2.24, 2.45) is 0 Å². The standard InChI is InChI=1S/C17H17N3O6S/c1-26-15-4-2-3-14(10-15)19-11-12(9-17(19)21)18-27(24,25)16-7-5-13(6-8-16)20(22)23/h2-8,10,12,18H,9,11H2,1H3. The van der Waals surface area contributed by atoms with Gasteiger partial charge in [-0.2, -0.15) is 0 Å². The van der Waals surface area contributed by atoms with Crippen LogP contribution in [-0.4, -0.2) is 38.9 Å². The molecule has 1 aliphatic rings. The molecule has 1 unspecified atom stereocenters. The number of hydrogen-bond donors (Lipinski definition) is 1. The number of nitro groups is 1. The summed E-state index contributed by atoms with van der Waals surface area (Å²) in [5.41, 5.74) is 0.422. The summed E-state index contributed by atoms with van der Waals surface area (Å²) in [6.07, 6.45) is 0.0173. The molecule has 0 aliphatic carbocycles. The van der Waals surface area contributed by atoms with Crippen LogP contribution in [0.3, 0.4) is 0 Å². The Labute approximate surface area is 155 Å². The lowest BCUT2D eigenvalue weighted by molar-refractivity contribution is -0.384. The van der Waals surface area contributed by atoms with Crippen LogP contribution in [0.25, 0.3) is 0 Å². The molecule has 1 heterocycles. The third-order valence-electron chi connectivity index (χ3n) is 4.17. The van der Waals surface area contributed by atoms with E-state index in [1.807, 2.05) is 0 Å². The Morgan fingerprint density at radius 3 is 2.56 bits per heavy atom. The van der Waals surface area contributed by atoms with Gasteiger partial charge in [0.15, 0.2) is 0 Å². The fraction of sp³-hybridized carbons (Fsp3) is 0.235. The maximum absolute atomic E-state index is 12.5. The number of nitrogens with one attached hydrogen (secondary N) is 1. The van der Waals surface area contributed by atoms with E-state index in [0.717, 1.165) is 24.3 Å². The number of hydrogen-bond acceptors (Lipinski definition) is 6. The van der Waals surface area contributed by atoms with Gasteiger partial charge < -0.3 is 9.64 Å². The molecule has 3 rings (SSSR count). The van der Waals surface area contributed by atoms with Gasteiger partial charge in [0.25, 0.3) is 5.69 Å². The van der Waals surface area contributed by atoms with E-state index in [1.165, 1.54) is 12.0 Å². The fourth-order valence-corrected chi connectivity index (χ4v) is 4.08. The Morgan fingerprint density at radius 1 is 1.22 bits per heavy atom. The van der Waals surface area contributed by atoms with Crippen LogP contribution in [0.15, 0.2) is 53.4 Å². The van der Waals surface area contributed by atoms with Gasteiger partial charge in [-0.15, -0.1) is 0 Å². The van der Waals surface area contributed by atoms with E-state index in [-0.39, 0.29) is 29.5 Å². The van der Waals surface area contributed by atoms with Gasteiger partial charge in [0.2, 0.25) is 15.9 Å². The average molecular weight is 391 g/mol. The third-order valence-corrected chi connectivity index (χ3v) is 5.71. The number of amides is 1. The fourth-order valence-electron chi connectivity index (χ4n) is 2.85. The molecule has 2 aromatic rings. The molecule has 27 heavy (non-hydrogen) atoms. The molecule has 0 saturated carbocycles. The van der Waals surface area contributed by atoms with E-state index >= 15 is 0 Å². The van der Waals surface area contributed by atoms with Crippen LogP contribution in [0, 0.1) is 10.1 Å². The summed E-state index contributed by atoms with van der Waals surface area (Å²) in [5, 5.41) is 10.7. The van der Waals surface area contributed by atoms with E-state index in [0.29, 0.717) is 11.4 Å². The number of non-ortho nitro benzene ring substituents is 1. The Morgan fingerprint density at radius 2 is 1.93 bits per heavy atom. The van der Waals surface area contributed by atoms with Crippen molar-refractivity contribution in [1.29, 1.82) is 0 Å². The molecule has 0 radical (unpaired) electrons. The first kappa shape index (κ1) is 18.8. The predicted molar refractivity (Wildman–Crippen MR) is 97.2 cm³/mol. The molecule has 1 aliphatic heterocycles. The van der Waals surface area contributed by atoms with E-state index in [4.69, 9.17) is 4.74 Å². The lowest BCUT2D eigenvalue weighted by Crippen LogP contribution is -2.37. The molecule has 0 bridgehead atoms. The highest BCUT2D eigenvalue weighted by atomic mass is 32.2. The van der Waals surface area contributed by atoms with Crippen LogP contribution in [0.5, 0.6) is 5.75 Å². The average Bonchev–Trinajstić information content (AvgIpc) is 3.01. The second kappa shape index (κ2) is 7.33. The molecule has 0 aromatic heterocycles. The first-order chi connectivity index (χ1) is 12.8. The summed E-state index contributed by atoms with van der Waals surface area (Å²) < 4.78 is 32.6. The highest BCUT2D eigenvalue weighted by molar-refractivity contribution is 7.89. The number of benzene rings is 2. The maximum atomic E-state index is 12.5. The zero-order valence-corrected chi connectivity index (χ0v) is 15.2. The van der Waals surface area contributed by atoms with E-state index in [2.05, 4.69) is 4.72 Å². The summed E-state index contributed by atoms with van der Waals surface area (Å²) in [6, 6.07) is 10.9. The second-order valence-corrected chi connectivity index (χ2v) is 7.69. The summed E-state index contributed by atoms with van der Waals surface area (Å²) in [6.45, 7) is 0.179. The Balaban J connectivity index is 1.74. The van der Waals surface area contributed by atoms with Crippen LogP contribution in [-0.2, 0) is 14.8 Å².